The minimum Gasteiger partial charge on any atom is -0.459 e. The van der Waals surface area contributed by atoms with Crippen LogP contribution in [0.5, 0.6) is 11.5 Å². The van der Waals surface area contributed by atoms with E-state index < -0.39 is 29.9 Å². The van der Waals surface area contributed by atoms with Crippen LogP contribution in [0.4, 0.5) is 9.59 Å². The molecule has 5 rings (SSSR count). The zero-order valence-corrected chi connectivity index (χ0v) is 33.2. The van der Waals surface area contributed by atoms with Crippen molar-refractivity contribution >= 4 is 17.9 Å². The maximum Gasteiger partial charge on any atom is 0.412 e. The Labute approximate surface area is 335 Å². The lowest BCUT2D eigenvalue weighted by Crippen LogP contribution is -2.70. The lowest BCUT2D eigenvalue weighted by molar-refractivity contribution is -0.256. The zero-order chi connectivity index (χ0) is 40.6. The number of fused-ring (bicyclic) bond motifs is 2. The van der Waals surface area contributed by atoms with Gasteiger partial charge in [0.25, 0.3) is 0 Å². The van der Waals surface area contributed by atoms with E-state index in [2.05, 4.69) is 23.1 Å². The van der Waals surface area contributed by atoms with Gasteiger partial charge >= 0.3 is 12.2 Å². The second-order valence-electron chi connectivity index (χ2n) is 14.4. The summed E-state index contributed by atoms with van der Waals surface area (Å²) in [5, 5.41) is 36.4. The number of oxime groups is 1. The molecule has 0 aromatic heterocycles. The van der Waals surface area contributed by atoms with Crippen molar-refractivity contribution in [1.29, 1.82) is 0 Å². The fourth-order valence-electron chi connectivity index (χ4n) is 8.65. The Balaban J connectivity index is 1.68. The van der Waals surface area contributed by atoms with Gasteiger partial charge in [-0.05, 0) is 73.8 Å². The highest BCUT2D eigenvalue weighted by Gasteiger charge is 2.65. The number of nitrogens with one attached hydrogen (secondary N) is 1. The van der Waals surface area contributed by atoms with Gasteiger partial charge in [0.15, 0.2) is 0 Å². The van der Waals surface area contributed by atoms with Crippen molar-refractivity contribution in [3.63, 3.8) is 0 Å². The maximum absolute atomic E-state index is 14.0. The maximum atomic E-state index is 14.0. The number of nitrogens with zero attached hydrogens (tertiary/aromatic N) is 2. The van der Waals surface area contributed by atoms with Crippen LogP contribution in [-0.2, 0) is 25.6 Å². The van der Waals surface area contributed by atoms with Crippen molar-refractivity contribution in [3.05, 3.63) is 84.0 Å². The molecule has 14 heteroatoms. The Hall–Kier alpha value is -4.47. The molecule has 1 aliphatic heterocycles. The molecule has 0 radical (unpaired) electrons. The summed E-state index contributed by atoms with van der Waals surface area (Å²) < 4.78 is 31.2. The first-order chi connectivity index (χ1) is 27.8. The number of allylic oxidation sites excluding steroid dienone is 1. The van der Waals surface area contributed by atoms with E-state index in [1.54, 1.807) is 30.0 Å². The highest BCUT2D eigenvalue weighted by Crippen LogP contribution is 2.62. The summed E-state index contributed by atoms with van der Waals surface area (Å²) in [5.41, 5.74) is 3.24. The molecular formula is C43H59N3O11. The van der Waals surface area contributed by atoms with Crippen molar-refractivity contribution < 1.29 is 53.4 Å². The molecule has 0 saturated heterocycles. The van der Waals surface area contributed by atoms with Crippen LogP contribution in [0.2, 0.25) is 0 Å². The summed E-state index contributed by atoms with van der Waals surface area (Å²) >= 11 is 0. The predicted octanol–water partition coefficient (Wildman–Crippen LogP) is 5.71. The number of hydrogen-bond donors (Lipinski definition) is 4. The minimum absolute atomic E-state index is 0.0213. The van der Waals surface area contributed by atoms with Crippen molar-refractivity contribution in [2.45, 2.75) is 76.2 Å². The third-order valence-electron chi connectivity index (χ3n) is 10.9. The van der Waals surface area contributed by atoms with Crippen LogP contribution in [0.3, 0.4) is 0 Å². The van der Waals surface area contributed by atoms with E-state index >= 15 is 0 Å². The molecule has 2 aliphatic carbocycles. The fourth-order valence-corrected chi connectivity index (χ4v) is 8.65. The molecule has 6 unspecified atom stereocenters. The monoisotopic (exact) mass is 793 g/mol. The molecule has 2 aromatic carbocycles. The largest absolute Gasteiger partial charge is 0.459 e. The minimum atomic E-state index is -1.49. The first kappa shape index (κ1) is 43.6. The van der Waals surface area contributed by atoms with Crippen LogP contribution < -0.4 is 14.8 Å². The van der Waals surface area contributed by atoms with Crippen molar-refractivity contribution in [3.8, 4) is 11.5 Å². The molecule has 312 valence electrons. The molecule has 2 amide bonds. The number of carbonyl (C=O) groups is 2. The molecule has 1 heterocycles. The average Bonchev–Trinajstić information content (AvgIpc) is 3.22. The SMILES string of the molecule is C=CCOC12Oc3ccc(OC(=O)NCc4ccccc4)cc3C3C(CCCCO)C(CCCCO)C=C(C(=NOC)CC1N(CCOCCO)C(=O)OCC)C32. The third kappa shape index (κ3) is 10.5. The molecule has 0 bridgehead atoms. The van der Waals surface area contributed by atoms with Crippen LogP contribution >= 0.6 is 0 Å². The Morgan fingerprint density at radius 3 is 2.51 bits per heavy atom. The number of ether oxygens (including phenoxy) is 5. The summed E-state index contributed by atoms with van der Waals surface area (Å²) in [7, 11) is 1.49. The molecular weight excluding hydrogens is 734 g/mol. The molecule has 6 atom stereocenters. The van der Waals surface area contributed by atoms with Gasteiger partial charge in [-0.1, -0.05) is 60.5 Å². The van der Waals surface area contributed by atoms with Gasteiger partial charge < -0.3 is 49.2 Å². The number of hydrogen-bond acceptors (Lipinski definition) is 12. The molecule has 1 fully saturated rings. The van der Waals surface area contributed by atoms with Crippen LogP contribution in [0.25, 0.3) is 0 Å². The summed E-state index contributed by atoms with van der Waals surface area (Å²) in [5.74, 6) is -1.51. The predicted molar refractivity (Wildman–Crippen MR) is 213 cm³/mol. The summed E-state index contributed by atoms with van der Waals surface area (Å²) in [6.07, 6.45) is 7.21. The Morgan fingerprint density at radius 1 is 1.04 bits per heavy atom. The number of amides is 2. The lowest BCUT2D eigenvalue weighted by atomic mass is 9.55. The summed E-state index contributed by atoms with van der Waals surface area (Å²) in [6.45, 7) is 6.48. The average molecular weight is 794 g/mol. The van der Waals surface area contributed by atoms with E-state index in [1.807, 2.05) is 36.4 Å². The molecule has 1 saturated carbocycles. The number of benzene rings is 2. The van der Waals surface area contributed by atoms with E-state index in [1.165, 1.54) is 7.11 Å². The van der Waals surface area contributed by atoms with Crippen molar-refractivity contribution in [2.75, 3.05) is 59.9 Å². The molecule has 4 N–H and O–H groups in total. The van der Waals surface area contributed by atoms with Crippen LogP contribution in [0.15, 0.2) is 78.0 Å². The van der Waals surface area contributed by atoms with Gasteiger partial charge in [-0.2, -0.15) is 0 Å². The van der Waals surface area contributed by atoms with Gasteiger partial charge in [-0.3, -0.25) is 4.90 Å². The second kappa shape index (κ2) is 21.9. The molecule has 2 aromatic rings. The van der Waals surface area contributed by atoms with Gasteiger partial charge in [0.1, 0.15) is 24.7 Å². The van der Waals surface area contributed by atoms with E-state index in [4.69, 9.17) is 28.5 Å². The van der Waals surface area contributed by atoms with Crippen LogP contribution in [-0.4, -0.2) is 110 Å². The van der Waals surface area contributed by atoms with Crippen molar-refractivity contribution in [1.82, 2.24) is 10.2 Å². The topological polar surface area (TPSA) is 178 Å². The standard InChI is InChI=1S/C43H59N3O11/c1-4-23-55-43-38(46(42(51)54-5-2)19-24-53-25-22-49)28-36(45-52-3)34-26-31(15-9-11-20-47)33(16-10-12-21-48)39(40(34)43)35-27-32(17-18-37(35)57-43)56-41(50)44-29-30-13-7-6-8-14-30/h4,6-8,13-14,17-18,26-27,31,33,38-40,47-49H,1,5,9-12,15-16,19-25,28-29H2,2-3H3,(H,44,50). The lowest BCUT2D eigenvalue weighted by Gasteiger charge is -2.59. The second-order valence-corrected chi connectivity index (χ2v) is 14.4. The van der Waals surface area contributed by atoms with Gasteiger partial charge in [-0.15, -0.1) is 6.58 Å². The van der Waals surface area contributed by atoms with E-state index in [9.17, 15) is 24.9 Å². The Morgan fingerprint density at radius 2 is 1.81 bits per heavy atom. The van der Waals surface area contributed by atoms with Gasteiger partial charge in [0.05, 0.1) is 44.7 Å². The molecule has 57 heavy (non-hydrogen) atoms. The van der Waals surface area contributed by atoms with E-state index in [-0.39, 0.29) is 77.0 Å². The van der Waals surface area contributed by atoms with Crippen molar-refractivity contribution in [2.24, 2.45) is 22.9 Å². The quantitative estimate of drug-likeness (QED) is 0.0653. The van der Waals surface area contributed by atoms with E-state index in [0.717, 1.165) is 42.4 Å². The van der Waals surface area contributed by atoms with Gasteiger partial charge in [0, 0.05) is 44.2 Å². The Bertz CT molecular complexity index is 1670. The number of aliphatic hydroxyl groups is 3. The highest BCUT2D eigenvalue weighted by molar-refractivity contribution is 6.03. The molecule has 14 nitrogen and oxygen atoms in total. The summed E-state index contributed by atoms with van der Waals surface area (Å²) in [6, 6.07) is 14.1. The molecule has 3 aliphatic rings. The van der Waals surface area contributed by atoms with Gasteiger partial charge in [0.2, 0.25) is 5.79 Å². The third-order valence-corrected chi connectivity index (χ3v) is 10.9. The first-order valence-corrected chi connectivity index (χ1v) is 20.1. The Kier molecular flexibility index (Phi) is 16.8. The summed E-state index contributed by atoms with van der Waals surface area (Å²) in [4.78, 5) is 34.1. The zero-order valence-electron chi connectivity index (χ0n) is 33.2. The first-order valence-electron chi connectivity index (χ1n) is 20.1. The van der Waals surface area contributed by atoms with E-state index in [0.29, 0.717) is 36.6 Å². The normalized spacial score (nSPS) is 24.0. The highest BCUT2D eigenvalue weighted by atomic mass is 16.7. The number of aliphatic hydroxyl groups excluding tert-OH is 3. The number of unbranched alkanes of at least 4 members (excludes halogenated alkanes) is 2. The van der Waals surface area contributed by atoms with Crippen LogP contribution in [0, 0.1) is 17.8 Å². The van der Waals surface area contributed by atoms with Gasteiger partial charge in [-0.25, -0.2) is 9.59 Å². The smallest absolute Gasteiger partial charge is 0.412 e. The number of carbonyl (C=O) groups excluding carboxylic acids is 2. The molecule has 0 spiro atoms. The number of rotatable bonds is 22. The van der Waals surface area contributed by atoms with Crippen LogP contribution in [0.1, 0.15) is 68.9 Å². The fraction of sp³-hybridized carbons (Fsp3) is 0.558.